The minimum Gasteiger partial charge on any atom is -0.462 e. The molecule has 6 nitrogen and oxygen atoms in total. The topological polar surface area (TPSA) is 81.7 Å². The standard InChI is InChI=1S/C17H25NO5S/c1-7-9-11(19)18-13-12(15(20)22-8-2)10(3)24-14(13)16(21)23-17(4,5)6/h7-9H2,1-6H3,(H,18,19). The van der Waals surface area contributed by atoms with Gasteiger partial charge >= 0.3 is 11.9 Å². The fraction of sp³-hybridized carbons (Fsp3) is 0.588. The summed E-state index contributed by atoms with van der Waals surface area (Å²) < 4.78 is 10.4. The first-order valence-corrected chi connectivity index (χ1v) is 8.76. The molecule has 0 spiro atoms. The van der Waals surface area contributed by atoms with E-state index in [0.717, 1.165) is 11.3 Å². The Morgan fingerprint density at radius 1 is 1.12 bits per heavy atom. The van der Waals surface area contributed by atoms with Crippen molar-refractivity contribution in [2.45, 2.75) is 60.0 Å². The summed E-state index contributed by atoms with van der Waals surface area (Å²) in [4.78, 5) is 37.5. The van der Waals surface area contributed by atoms with Crippen molar-refractivity contribution in [3.8, 4) is 0 Å². The lowest BCUT2D eigenvalue weighted by molar-refractivity contribution is -0.116. The Labute approximate surface area is 146 Å². The summed E-state index contributed by atoms with van der Waals surface area (Å²) in [7, 11) is 0. The molecule has 0 bridgehead atoms. The second-order valence-electron chi connectivity index (χ2n) is 6.26. The van der Waals surface area contributed by atoms with Crippen LogP contribution in [0.2, 0.25) is 0 Å². The van der Waals surface area contributed by atoms with E-state index in [9.17, 15) is 14.4 Å². The number of carbonyl (C=O) groups excluding carboxylic acids is 3. The van der Waals surface area contributed by atoms with Gasteiger partial charge in [0, 0.05) is 11.3 Å². The second-order valence-corrected chi connectivity index (χ2v) is 7.48. The van der Waals surface area contributed by atoms with Crippen molar-refractivity contribution in [3.05, 3.63) is 15.3 Å². The molecule has 1 rings (SSSR count). The van der Waals surface area contributed by atoms with E-state index in [1.807, 2.05) is 6.92 Å². The van der Waals surface area contributed by atoms with Crippen molar-refractivity contribution in [2.24, 2.45) is 0 Å². The second kappa shape index (κ2) is 8.28. The van der Waals surface area contributed by atoms with Crippen molar-refractivity contribution in [1.29, 1.82) is 0 Å². The Hall–Kier alpha value is -1.89. The average molecular weight is 355 g/mol. The third kappa shape index (κ3) is 5.33. The van der Waals surface area contributed by atoms with Gasteiger partial charge < -0.3 is 14.8 Å². The van der Waals surface area contributed by atoms with E-state index < -0.39 is 17.5 Å². The molecule has 0 unspecified atom stereocenters. The molecule has 1 aromatic rings. The van der Waals surface area contributed by atoms with Gasteiger partial charge in [-0.3, -0.25) is 4.79 Å². The van der Waals surface area contributed by atoms with Gasteiger partial charge in [-0.05, 0) is 41.0 Å². The Morgan fingerprint density at radius 2 is 1.75 bits per heavy atom. The summed E-state index contributed by atoms with van der Waals surface area (Å²) >= 11 is 1.11. The predicted octanol–water partition coefficient (Wildman–Crippen LogP) is 3.93. The fourth-order valence-corrected chi connectivity index (χ4v) is 2.98. The largest absolute Gasteiger partial charge is 0.462 e. The molecule has 24 heavy (non-hydrogen) atoms. The number of carbonyl (C=O) groups is 3. The van der Waals surface area contributed by atoms with Crippen LogP contribution < -0.4 is 5.32 Å². The van der Waals surface area contributed by atoms with Gasteiger partial charge in [-0.2, -0.15) is 0 Å². The summed E-state index contributed by atoms with van der Waals surface area (Å²) in [6.45, 7) is 10.8. The molecule has 1 N–H and O–H groups in total. The SMILES string of the molecule is CCCC(=O)Nc1c(C(=O)OC(C)(C)C)sc(C)c1C(=O)OCC. The molecule has 134 valence electrons. The van der Waals surface area contributed by atoms with Gasteiger partial charge in [0.2, 0.25) is 5.91 Å². The van der Waals surface area contributed by atoms with Gasteiger partial charge in [0.05, 0.1) is 17.9 Å². The number of hydrogen-bond acceptors (Lipinski definition) is 6. The minimum atomic E-state index is -0.677. The number of aryl methyl sites for hydroxylation is 1. The molecule has 0 fully saturated rings. The van der Waals surface area contributed by atoms with Crippen LogP contribution in [-0.2, 0) is 14.3 Å². The molecular weight excluding hydrogens is 330 g/mol. The number of ether oxygens (including phenoxy) is 2. The van der Waals surface area contributed by atoms with Gasteiger partial charge in [-0.15, -0.1) is 11.3 Å². The zero-order valence-electron chi connectivity index (χ0n) is 15.1. The van der Waals surface area contributed by atoms with E-state index in [1.165, 1.54) is 0 Å². The van der Waals surface area contributed by atoms with E-state index in [-0.39, 0.29) is 28.6 Å². The molecule has 1 amide bonds. The van der Waals surface area contributed by atoms with Crippen LogP contribution in [0, 0.1) is 6.92 Å². The first kappa shape index (κ1) is 20.2. The molecule has 0 aliphatic rings. The normalized spacial score (nSPS) is 11.1. The van der Waals surface area contributed by atoms with Crippen LogP contribution in [0.5, 0.6) is 0 Å². The average Bonchev–Trinajstić information content (AvgIpc) is 2.74. The van der Waals surface area contributed by atoms with E-state index >= 15 is 0 Å². The lowest BCUT2D eigenvalue weighted by Crippen LogP contribution is -2.24. The number of nitrogens with one attached hydrogen (secondary N) is 1. The molecule has 0 aliphatic carbocycles. The molecule has 1 aromatic heterocycles. The highest BCUT2D eigenvalue weighted by Gasteiger charge is 2.30. The van der Waals surface area contributed by atoms with Crippen LogP contribution in [0.25, 0.3) is 0 Å². The first-order chi connectivity index (χ1) is 11.1. The highest BCUT2D eigenvalue weighted by Crippen LogP contribution is 2.35. The van der Waals surface area contributed by atoms with Crippen molar-refractivity contribution < 1.29 is 23.9 Å². The summed E-state index contributed by atoms with van der Waals surface area (Å²) in [5.41, 5.74) is -0.278. The quantitative estimate of drug-likeness (QED) is 0.782. The number of anilines is 1. The van der Waals surface area contributed by atoms with Crippen molar-refractivity contribution in [2.75, 3.05) is 11.9 Å². The summed E-state index contributed by atoms with van der Waals surface area (Å²) in [6, 6.07) is 0. The number of thiophene rings is 1. The zero-order valence-corrected chi connectivity index (χ0v) is 15.9. The van der Waals surface area contributed by atoms with Crippen molar-refractivity contribution in [1.82, 2.24) is 0 Å². The smallest absolute Gasteiger partial charge is 0.351 e. The summed E-state index contributed by atoms with van der Waals surface area (Å²) in [5.74, 6) is -1.39. The van der Waals surface area contributed by atoms with Gasteiger partial charge in [0.15, 0.2) is 0 Å². The Bertz CT molecular complexity index is 628. The molecule has 0 saturated carbocycles. The van der Waals surface area contributed by atoms with E-state index in [2.05, 4.69) is 5.32 Å². The lowest BCUT2D eigenvalue weighted by atomic mass is 10.1. The van der Waals surface area contributed by atoms with Gasteiger partial charge in [0.25, 0.3) is 0 Å². The van der Waals surface area contributed by atoms with Crippen molar-refractivity contribution in [3.63, 3.8) is 0 Å². The molecule has 0 saturated heterocycles. The highest BCUT2D eigenvalue weighted by atomic mass is 32.1. The molecule has 0 aromatic carbocycles. The van der Waals surface area contributed by atoms with Crippen LogP contribution >= 0.6 is 11.3 Å². The van der Waals surface area contributed by atoms with Crippen LogP contribution in [-0.4, -0.2) is 30.1 Å². The van der Waals surface area contributed by atoms with Gasteiger partial charge in [0.1, 0.15) is 10.5 Å². The maximum atomic E-state index is 12.5. The zero-order chi connectivity index (χ0) is 18.5. The number of rotatable bonds is 6. The van der Waals surface area contributed by atoms with Crippen LogP contribution in [0.15, 0.2) is 0 Å². The van der Waals surface area contributed by atoms with E-state index in [0.29, 0.717) is 17.7 Å². The predicted molar refractivity (Wildman–Crippen MR) is 93.7 cm³/mol. The number of hydrogen-bond donors (Lipinski definition) is 1. The monoisotopic (exact) mass is 355 g/mol. The first-order valence-electron chi connectivity index (χ1n) is 7.94. The van der Waals surface area contributed by atoms with Crippen LogP contribution in [0.3, 0.4) is 0 Å². The Kier molecular flexibility index (Phi) is 6.95. The number of amides is 1. The summed E-state index contributed by atoms with van der Waals surface area (Å²) in [5, 5.41) is 2.68. The Morgan fingerprint density at radius 3 is 2.25 bits per heavy atom. The highest BCUT2D eigenvalue weighted by molar-refractivity contribution is 7.15. The molecule has 7 heteroatoms. The fourth-order valence-electron chi connectivity index (χ4n) is 2.01. The molecule has 0 aliphatic heterocycles. The third-order valence-corrected chi connectivity index (χ3v) is 3.97. The minimum absolute atomic E-state index is 0.184. The van der Waals surface area contributed by atoms with Crippen molar-refractivity contribution >= 4 is 34.9 Å². The molecular formula is C17H25NO5S. The molecule has 1 heterocycles. The lowest BCUT2D eigenvalue weighted by Gasteiger charge is -2.19. The third-order valence-electron chi connectivity index (χ3n) is 2.89. The van der Waals surface area contributed by atoms with Crippen LogP contribution in [0.4, 0.5) is 5.69 Å². The van der Waals surface area contributed by atoms with Gasteiger partial charge in [-0.25, -0.2) is 9.59 Å². The molecule has 0 atom stereocenters. The molecule has 0 radical (unpaired) electrons. The van der Waals surface area contributed by atoms with Gasteiger partial charge in [-0.1, -0.05) is 6.92 Å². The maximum absolute atomic E-state index is 12.5. The van der Waals surface area contributed by atoms with Crippen LogP contribution in [0.1, 0.15) is 72.4 Å². The Balaban J connectivity index is 3.32. The maximum Gasteiger partial charge on any atom is 0.351 e. The van der Waals surface area contributed by atoms with E-state index in [1.54, 1.807) is 34.6 Å². The van der Waals surface area contributed by atoms with E-state index in [4.69, 9.17) is 9.47 Å². The number of esters is 2. The summed E-state index contributed by atoms with van der Waals surface area (Å²) in [6.07, 6.45) is 0.955.